The van der Waals surface area contributed by atoms with Gasteiger partial charge in [0.2, 0.25) is 0 Å². The monoisotopic (exact) mass is 357 g/mol. The molecule has 3 nitrogen and oxygen atoms in total. The molecule has 0 unspecified atom stereocenters. The van der Waals surface area contributed by atoms with Crippen LogP contribution in [0.25, 0.3) is 6.08 Å². The molecule has 122 valence electrons. The van der Waals surface area contributed by atoms with E-state index in [9.17, 15) is 9.59 Å². The fraction of sp³-hybridized carbons (Fsp3) is 0.158. The zero-order chi connectivity index (χ0) is 17.1. The molecule has 0 aromatic heterocycles. The minimum absolute atomic E-state index is 0.233. The number of carbonyl (C=O) groups is 2. The number of rotatable bonds is 4. The van der Waals surface area contributed by atoms with Gasteiger partial charge in [0, 0.05) is 5.02 Å². The molecule has 24 heavy (non-hydrogen) atoms. The summed E-state index contributed by atoms with van der Waals surface area (Å²) in [5, 5.41) is 0.336. The van der Waals surface area contributed by atoms with Gasteiger partial charge < -0.3 is 0 Å². The lowest BCUT2D eigenvalue weighted by atomic mass is 10.1. The molecule has 2 aromatic carbocycles. The first-order chi connectivity index (χ1) is 11.6. The van der Waals surface area contributed by atoms with Crippen LogP contribution >= 0.6 is 23.4 Å². The third-order valence-corrected chi connectivity index (χ3v) is 4.93. The van der Waals surface area contributed by atoms with Gasteiger partial charge in [-0.15, -0.1) is 0 Å². The highest BCUT2D eigenvalue weighted by atomic mass is 35.5. The molecule has 0 aliphatic carbocycles. The Kier molecular flexibility index (Phi) is 5.07. The van der Waals surface area contributed by atoms with Crippen molar-refractivity contribution in [3.8, 4) is 0 Å². The van der Waals surface area contributed by atoms with E-state index in [1.165, 1.54) is 10.5 Å². The SMILES string of the molecule is CCc1ccc(/C=C2\SC(=O)N(Cc3cccc(Cl)c3)C2=O)cc1. The quantitative estimate of drug-likeness (QED) is 0.711. The summed E-state index contributed by atoms with van der Waals surface area (Å²) in [6.07, 6.45) is 2.73. The van der Waals surface area contributed by atoms with Crippen LogP contribution in [-0.4, -0.2) is 16.0 Å². The Morgan fingerprint density at radius 2 is 1.83 bits per heavy atom. The van der Waals surface area contributed by atoms with Gasteiger partial charge >= 0.3 is 0 Å². The maximum Gasteiger partial charge on any atom is 0.293 e. The molecule has 0 spiro atoms. The van der Waals surface area contributed by atoms with Crippen LogP contribution in [0.1, 0.15) is 23.6 Å². The fourth-order valence-corrected chi connectivity index (χ4v) is 3.51. The van der Waals surface area contributed by atoms with Crippen molar-refractivity contribution in [2.45, 2.75) is 19.9 Å². The zero-order valence-electron chi connectivity index (χ0n) is 13.2. The lowest BCUT2D eigenvalue weighted by molar-refractivity contribution is -0.123. The number of aryl methyl sites for hydroxylation is 1. The van der Waals surface area contributed by atoms with E-state index in [4.69, 9.17) is 11.6 Å². The van der Waals surface area contributed by atoms with Crippen LogP contribution in [0.5, 0.6) is 0 Å². The van der Waals surface area contributed by atoms with Crippen LogP contribution in [0.4, 0.5) is 4.79 Å². The summed E-state index contributed by atoms with van der Waals surface area (Å²) < 4.78 is 0. The molecule has 0 saturated carbocycles. The van der Waals surface area contributed by atoms with E-state index in [1.54, 1.807) is 18.2 Å². The van der Waals surface area contributed by atoms with Gasteiger partial charge in [-0.2, -0.15) is 0 Å². The van der Waals surface area contributed by atoms with Crippen LogP contribution in [0.3, 0.4) is 0 Å². The fourth-order valence-electron chi connectivity index (χ4n) is 2.46. The summed E-state index contributed by atoms with van der Waals surface area (Å²) in [7, 11) is 0. The molecular formula is C19H16ClNO2S. The first-order valence-electron chi connectivity index (χ1n) is 7.65. The van der Waals surface area contributed by atoms with Gasteiger partial charge in [-0.25, -0.2) is 0 Å². The second kappa shape index (κ2) is 7.24. The number of imide groups is 1. The highest BCUT2D eigenvalue weighted by Gasteiger charge is 2.34. The zero-order valence-corrected chi connectivity index (χ0v) is 14.7. The summed E-state index contributed by atoms with van der Waals surface area (Å²) in [5.41, 5.74) is 2.99. The molecule has 1 aliphatic heterocycles. The Morgan fingerprint density at radius 3 is 2.50 bits per heavy atom. The van der Waals surface area contributed by atoms with E-state index in [2.05, 4.69) is 6.92 Å². The van der Waals surface area contributed by atoms with Crippen molar-refractivity contribution < 1.29 is 9.59 Å². The van der Waals surface area contributed by atoms with Crippen molar-refractivity contribution in [1.29, 1.82) is 0 Å². The van der Waals surface area contributed by atoms with Crippen molar-refractivity contribution in [1.82, 2.24) is 4.90 Å². The van der Waals surface area contributed by atoms with Gasteiger partial charge in [0.1, 0.15) is 0 Å². The first-order valence-corrected chi connectivity index (χ1v) is 8.85. The molecule has 0 bridgehead atoms. The van der Waals surface area contributed by atoms with Crippen molar-refractivity contribution in [3.05, 3.63) is 75.1 Å². The maximum atomic E-state index is 12.5. The van der Waals surface area contributed by atoms with Crippen molar-refractivity contribution in [3.63, 3.8) is 0 Å². The number of hydrogen-bond acceptors (Lipinski definition) is 3. The third-order valence-electron chi connectivity index (χ3n) is 3.79. The molecule has 1 aliphatic rings. The van der Waals surface area contributed by atoms with Crippen molar-refractivity contribution in [2.24, 2.45) is 0 Å². The van der Waals surface area contributed by atoms with Crippen LogP contribution in [0.15, 0.2) is 53.4 Å². The van der Waals surface area contributed by atoms with Crippen LogP contribution < -0.4 is 0 Å². The second-order valence-electron chi connectivity index (χ2n) is 5.49. The average Bonchev–Trinajstić information content (AvgIpc) is 2.83. The molecular weight excluding hydrogens is 342 g/mol. The third kappa shape index (κ3) is 3.71. The standard InChI is InChI=1S/C19H16ClNO2S/c1-2-13-6-8-14(9-7-13)11-17-18(22)21(19(23)24-17)12-15-4-3-5-16(20)10-15/h3-11H,2,12H2,1H3/b17-11-. The summed E-state index contributed by atoms with van der Waals surface area (Å²) in [6.45, 7) is 2.33. The number of halogens is 1. The lowest BCUT2D eigenvalue weighted by Crippen LogP contribution is -2.27. The Hall–Kier alpha value is -2.04. The van der Waals surface area contributed by atoms with Gasteiger partial charge in [-0.1, -0.05) is 54.9 Å². The van der Waals surface area contributed by atoms with E-state index in [0.717, 1.165) is 29.3 Å². The lowest BCUT2D eigenvalue weighted by Gasteiger charge is -2.12. The molecule has 2 amide bonds. The normalized spacial score (nSPS) is 16.2. The molecule has 0 radical (unpaired) electrons. The Balaban J connectivity index is 1.79. The topological polar surface area (TPSA) is 37.4 Å². The molecule has 0 atom stereocenters. The summed E-state index contributed by atoms with van der Waals surface area (Å²) in [6, 6.07) is 15.2. The van der Waals surface area contributed by atoms with E-state index in [1.807, 2.05) is 36.4 Å². The summed E-state index contributed by atoms with van der Waals surface area (Å²) in [5.74, 6) is -0.260. The average molecular weight is 358 g/mol. The number of nitrogens with zero attached hydrogens (tertiary/aromatic N) is 1. The Bertz CT molecular complexity index is 814. The Labute approximate surface area is 150 Å². The Morgan fingerprint density at radius 1 is 1.08 bits per heavy atom. The van der Waals surface area contributed by atoms with Crippen LogP contribution in [-0.2, 0) is 17.8 Å². The molecule has 5 heteroatoms. The minimum atomic E-state index is -0.260. The summed E-state index contributed by atoms with van der Waals surface area (Å²) >= 11 is 6.93. The number of hydrogen-bond donors (Lipinski definition) is 0. The predicted molar refractivity (Wildman–Crippen MR) is 98.8 cm³/mol. The largest absolute Gasteiger partial charge is 0.293 e. The van der Waals surface area contributed by atoms with Gasteiger partial charge in [-0.05, 0) is 53.1 Å². The molecule has 1 heterocycles. The highest BCUT2D eigenvalue weighted by molar-refractivity contribution is 8.18. The van der Waals surface area contributed by atoms with Crippen LogP contribution in [0, 0.1) is 0 Å². The molecule has 2 aromatic rings. The molecule has 3 rings (SSSR count). The predicted octanol–water partition coefficient (Wildman–Crippen LogP) is 5.14. The number of thioether (sulfide) groups is 1. The second-order valence-corrected chi connectivity index (χ2v) is 6.92. The van der Waals surface area contributed by atoms with E-state index in [-0.39, 0.29) is 17.7 Å². The van der Waals surface area contributed by atoms with Gasteiger partial charge in [0.15, 0.2) is 0 Å². The first kappa shape index (κ1) is 16.8. The van der Waals surface area contributed by atoms with E-state index < -0.39 is 0 Å². The number of benzene rings is 2. The van der Waals surface area contributed by atoms with E-state index >= 15 is 0 Å². The van der Waals surface area contributed by atoms with Gasteiger partial charge in [-0.3, -0.25) is 14.5 Å². The number of amides is 2. The summed E-state index contributed by atoms with van der Waals surface area (Å²) in [4.78, 5) is 26.4. The van der Waals surface area contributed by atoms with E-state index in [0.29, 0.717) is 9.93 Å². The van der Waals surface area contributed by atoms with Crippen molar-refractivity contribution in [2.75, 3.05) is 0 Å². The number of carbonyl (C=O) groups excluding carboxylic acids is 2. The molecule has 1 fully saturated rings. The van der Waals surface area contributed by atoms with Gasteiger partial charge in [0.05, 0.1) is 11.4 Å². The maximum absolute atomic E-state index is 12.5. The minimum Gasteiger partial charge on any atom is -0.268 e. The van der Waals surface area contributed by atoms with Gasteiger partial charge in [0.25, 0.3) is 11.1 Å². The molecule has 1 saturated heterocycles. The molecule has 0 N–H and O–H groups in total. The van der Waals surface area contributed by atoms with Crippen molar-refractivity contribution >= 4 is 40.6 Å². The highest BCUT2D eigenvalue weighted by Crippen LogP contribution is 2.33. The smallest absolute Gasteiger partial charge is 0.268 e. The van der Waals surface area contributed by atoms with Crippen LogP contribution in [0.2, 0.25) is 5.02 Å².